The van der Waals surface area contributed by atoms with Crippen LogP contribution in [-0.2, 0) is 6.54 Å². The van der Waals surface area contributed by atoms with Crippen molar-refractivity contribution in [3.63, 3.8) is 0 Å². The normalized spacial score (nSPS) is 10.8. The van der Waals surface area contributed by atoms with Crippen molar-refractivity contribution in [3.8, 4) is 5.82 Å². The van der Waals surface area contributed by atoms with Crippen molar-refractivity contribution in [1.29, 1.82) is 0 Å². The van der Waals surface area contributed by atoms with Crippen LogP contribution in [0.5, 0.6) is 0 Å². The van der Waals surface area contributed by atoms with Crippen LogP contribution in [0.3, 0.4) is 0 Å². The first-order valence-electron chi connectivity index (χ1n) is 8.32. The molecular formula is C19H14ClN5O3. The number of amides is 2. The van der Waals surface area contributed by atoms with Crippen LogP contribution in [0.2, 0.25) is 5.15 Å². The van der Waals surface area contributed by atoms with Gasteiger partial charge < -0.3 is 15.1 Å². The molecule has 4 aromatic rings. The summed E-state index contributed by atoms with van der Waals surface area (Å²) < 4.78 is 6.56. The Balaban J connectivity index is 1.54. The zero-order valence-corrected chi connectivity index (χ0v) is 15.2. The number of halogens is 1. The van der Waals surface area contributed by atoms with Gasteiger partial charge in [-0.2, -0.15) is 0 Å². The van der Waals surface area contributed by atoms with Crippen LogP contribution in [0.25, 0.3) is 16.9 Å². The number of urea groups is 1. The van der Waals surface area contributed by atoms with Crippen LogP contribution in [-0.4, -0.2) is 20.6 Å². The van der Waals surface area contributed by atoms with Crippen molar-refractivity contribution in [2.45, 2.75) is 6.54 Å². The maximum atomic E-state index is 12.2. The monoisotopic (exact) mass is 395 g/mol. The molecule has 2 aromatic carbocycles. The van der Waals surface area contributed by atoms with Gasteiger partial charge in [-0.3, -0.25) is 0 Å². The molecule has 0 spiro atoms. The van der Waals surface area contributed by atoms with E-state index >= 15 is 0 Å². The summed E-state index contributed by atoms with van der Waals surface area (Å²) in [5.41, 5.74) is 2.27. The minimum atomic E-state index is -0.615. The Bertz CT molecular complexity index is 1200. The number of oxazole rings is 1. The van der Waals surface area contributed by atoms with Gasteiger partial charge in [0.1, 0.15) is 17.3 Å². The molecule has 0 radical (unpaired) electrons. The molecule has 0 aliphatic rings. The molecule has 0 aliphatic carbocycles. The smallest absolute Gasteiger partial charge is 0.407 e. The van der Waals surface area contributed by atoms with E-state index < -0.39 is 5.76 Å². The minimum absolute atomic E-state index is 0.208. The molecule has 0 saturated carbocycles. The first-order chi connectivity index (χ1) is 13.6. The fraction of sp³-hybridized carbons (Fsp3) is 0.0526. The Hall–Kier alpha value is -3.65. The Labute approximate surface area is 163 Å². The van der Waals surface area contributed by atoms with E-state index in [4.69, 9.17) is 16.0 Å². The van der Waals surface area contributed by atoms with Gasteiger partial charge in [0.05, 0.1) is 5.52 Å². The summed E-state index contributed by atoms with van der Waals surface area (Å²) in [4.78, 5) is 32.2. The van der Waals surface area contributed by atoms with E-state index in [1.54, 1.807) is 18.2 Å². The zero-order valence-electron chi connectivity index (χ0n) is 14.4. The van der Waals surface area contributed by atoms with Crippen LogP contribution >= 0.6 is 11.6 Å². The molecule has 0 aliphatic heterocycles. The van der Waals surface area contributed by atoms with Crippen molar-refractivity contribution in [3.05, 3.63) is 82.2 Å². The Morgan fingerprint density at radius 2 is 1.93 bits per heavy atom. The maximum Gasteiger partial charge on any atom is 0.425 e. The highest BCUT2D eigenvalue weighted by Crippen LogP contribution is 2.21. The fourth-order valence-electron chi connectivity index (χ4n) is 2.71. The quantitative estimate of drug-likeness (QED) is 0.516. The third-order valence-corrected chi connectivity index (χ3v) is 4.19. The van der Waals surface area contributed by atoms with Crippen LogP contribution < -0.4 is 16.4 Å². The van der Waals surface area contributed by atoms with Gasteiger partial charge in [0, 0.05) is 24.4 Å². The first kappa shape index (κ1) is 17.7. The standard InChI is InChI=1S/C19H14ClN5O3/c20-16-9-17(23-11-22-16)25-14-7-6-13(8-15(14)28-19(25)27)24-18(26)21-10-12-4-2-1-3-5-12/h1-9,11H,10H2,(H2,21,24,26). The number of nitrogens with zero attached hydrogens (tertiary/aromatic N) is 3. The second-order valence-electron chi connectivity index (χ2n) is 5.88. The lowest BCUT2D eigenvalue weighted by Crippen LogP contribution is -2.28. The molecular weight excluding hydrogens is 382 g/mol. The number of hydrogen-bond acceptors (Lipinski definition) is 5. The number of carbonyl (C=O) groups is 1. The van der Waals surface area contributed by atoms with E-state index in [-0.39, 0.29) is 11.2 Å². The molecule has 2 N–H and O–H groups in total. The van der Waals surface area contributed by atoms with Gasteiger partial charge in [0.15, 0.2) is 5.58 Å². The van der Waals surface area contributed by atoms with Crippen molar-refractivity contribution >= 4 is 34.4 Å². The van der Waals surface area contributed by atoms with Crippen molar-refractivity contribution in [1.82, 2.24) is 19.9 Å². The largest absolute Gasteiger partial charge is 0.425 e. The molecule has 0 atom stereocenters. The predicted octanol–water partition coefficient (Wildman–Crippen LogP) is 3.35. The second-order valence-corrected chi connectivity index (χ2v) is 6.27. The summed E-state index contributed by atoms with van der Waals surface area (Å²) in [6, 6.07) is 15.5. The van der Waals surface area contributed by atoms with Crippen LogP contribution in [0.15, 0.2) is 70.1 Å². The van der Waals surface area contributed by atoms with E-state index in [0.29, 0.717) is 29.1 Å². The van der Waals surface area contributed by atoms with Crippen LogP contribution in [0.1, 0.15) is 5.56 Å². The van der Waals surface area contributed by atoms with Crippen molar-refractivity contribution in [2.75, 3.05) is 5.32 Å². The van der Waals surface area contributed by atoms with Crippen molar-refractivity contribution in [2.24, 2.45) is 0 Å². The Morgan fingerprint density at radius 3 is 2.71 bits per heavy atom. The van der Waals surface area contributed by atoms with Crippen LogP contribution in [0.4, 0.5) is 10.5 Å². The Kier molecular flexibility index (Phi) is 4.77. The fourth-order valence-corrected chi connectivity index (χ4v) is 2.85. The highest BCUT2D eigenvalue weighted by molar-refractivity contribution is 6.29. The molecule has 0 unspecified atom stereocenters. The van der Waals surface area contributed by atoms with Crippen LogP contribution in [0, 0.1) is 0 Å². The number of fused-ring (bicyclic) bond motifs is 1. The summed E-state index contributed by atoms with van der Waals surface area (Å²) >= 11 is 5.87. The number of anilines is 1. The lowest BCUT2D eigenvalue weighted by molar-refractivity contribution is 0.251. The highest BCUT2D eigenvalue weighted by Gasteiger charge is 2.14. The van der Waals surface area contributed by atoms with Gasteiger partial charge in [-0.25, -0.2) is 24.1 Å². The predicted molar refractivity (Wildman–Crippen MR) is 105 cm³/mol. The highest BCUT2D eigenvalue weighted by atomic mass is 35.5. The SMILES string of the molecule is O=C(NCc1ccccc1)Nc1ccc2c(c1)oc(=O)n2-c1cc(Cl)ncn1. The molecule has 9 heteroatoms. The number of hydrogen-bond donors (Lipinski definition) is 2. The maximum absolute atomic E-state index is 12.2. The molecule has 0 saturated heterocycles. The summed E-state index contributed by atoms with van der Waals surface area (Å²) in [5, 5.41) is 5.69. The van der Waals surface area contributed by atoms with Crippen molar-refractivity contribution < 1.29 is 9.21 Å². The lowest BCUT2D eigenvalue weighted by Gasteiger charge is -2.08. The molecule has 0 bridgehead atoms. The summed E-state index contributed by atoms with van der Waals surface area (Å²) in [6.45, 7) is 0.398. The van der Waals surface area contributed by atoms with Gasteiger partial charge in [0.25, 0.3) is 0 Å². The molecule has 140 valence electrons. The molecule has 2 amide bonds. The topological polar surface area (TPSA) is 102 Å². The minimum Gasteiger partial charge on any atom is -0.407 e. The number of rotatable bonds is 4. The van der Waals surface area contributed by atoms with Gasteiger partial charge in [-0.15, -0.1) is 0 Å². The molecule has 28 heavy (non-hydrogen) atoms. The van der Waals surface area contributed by atoms with E-state index in [9.17, 15) is 9.59 Å². The number of aromatic nitrogens is 3. The van der Waals surface area contributed by atoms with E-state index in [1.165, 1.54) is 17.0 Å². The molecule has 8 nitrogen and oxygen atoms in total. The first-order valence-corrected chi connectivity index (χ1v) is 8.70. The molecule has 4 rings (SSSR count). The molecule has 2 heterocycles. The van der Waals surface area contributed by atoms with Gasteiger partial charge >= 0.3 is 11.8 Å². The number of nitrogens with one attached hydrogen (secondary N) is 2. The number of carbonyl (C=O) groups excluding carboxylic acids is 1. The van der Waals surface area contributed by atoms with E-state index in [1.807, 2.05) is 30.3 Å². The average Bonchev–Trinajstić information content (AvgIpc) is 3.02. The zero-order chi connectivity index (χ0) is 19.5. The molecule has 2 aromatic heterocycles. The Morgan fingerprint density at radius 1 is 1.11 bits per heavy atom. The van der Waals surface area contributed by atoms with Gasteiger partial charge in [0.2, 0.25) is 0 Å². The molecule has 0 fully saturated rings. The summed E-state index contributed by atoms with van der Waals surface area (Å²) in [7, 11) is 0. The van der Waals surface area contributed by atoms with Gasteiger partial charge in [-0.05, 0) is 17.7 Å². The average molecular weight is 396 g/mol. The second kappa shape index (κ2) is 7.53. The van der Waals surface area contributed by atoms with E-state index in [0.717, 1.165) is 5.56 Å². The number of benzene rings is 2. The summed E-state index contributed by atoms with van der Waals surface area (Å²) in [5.74, 6) is -0.319. The van der Waals surface area contributed by atoms with Gasteiger partial charge in [-0.1, -0.05) is 41.9 Å². The third-order valence-electron chi connectivity index (χ3n) is 3.98. The third kappa shape index (κ3) is 3.72. The lowest BCUT2D eigenvalue weighted by atomic mass is 10.2. The van der Waals surface area contributed by atoms with E-state index in [2.05, 4.69) is 20.6 Å². The summed E-state index contributed by atoms with van der Waals surface area (Å²) in [6.07, 6.45) is 1.26.